The van der Waals surface area contributed by atoms with Gasteiger partial charge in [0.15, 0.2) is 0 Å². The van der Waals surface area contributed by atoms with E-state index < -0.39 is 0 Å². The Labute approximate surface area is 364 Å². The smallest absolute Gasteiger partial charge is 0.252 e. The van der Waals surface area contributed by atoms with Crippen LogP contribution in [0.2, 0.25) is 0 Å². The van der Waals surface area contributed by atoms with E-state index in [-0.39, 0.29) is 12.1 Å². The minimum absolute atomic E-state index is 0.0609. The largest absolute Gasteiger partial charge is 0.456 e. The van der Waals surface area contributed by atoms with Crippen molar-refractivity contribution in [3.8, 4) is 56.0 Å². The fourth-order valence-electron chi connectivity index (χ4n) is 10.0. The Morgan fingerprint density at radius 2 is 0.919 bits per heavy atom. The number of fused-ring (bicyclic) bond motifs is 10. The lowest BCUT2D eigenvalue weighted by Crippen LogP contribution is -2.61. The van der Waals surface area contributed by atoms with Crippen LogP contribution in [0.15, 0.2) is 206 Å². The molecular formula is C58H43BN2O. The van der Waals surface area contributed by atoms with E-state index >= 15 is 0 Å². The minimum atomic E-state index is -0.148. The Hall–Kier alpha value is -7.56. The van der Waals surface area contributed by atoms with Crippen LogP contribution in [0.25, 0.3) is 44.5 Å². The zero-order valence-corrected chi connectivity index (χ0v) is 35.0. The van der Waals surface area contributed by atoms with Gasteiger partial charge in [-0.05, 0) is 98.2 Å². The zero-order valence-electron chi connectivity index (χ0n) is 35.0. The fraction of sp³-hybridized carbons (Fsp3) is 0.0690. The highest BCUT2D eigenvalue weighted by molar-refractivity contribution is 7.00. The molecule has 3 aliphatic rings. The first-order valence-electron chi connectivity index (χ1n) is 21.6. The number of benzene rings is 9. The second-order valence-electron chi connectivity index (χ2n) is 17.7. The Kier molecular flexibility index (Phi) is 8.20. The lowest BCUT2D eigenvalue weighted by Gasteiger charge is -2.46. The SMILES string of the molecule is CC(C)(C)c1cc2c3c(c1)N1c4ccccc4-c4ccccc4Oc4ccccc4-c4cccc(c41)B3c1cc(-c3ccccc3)ccc1N2c1ccc(-c2ccccc2)cc1. The number of nitrogens with zero attached hydrogens (tertiary/aromatic N) is 2. The molecule has 3 heterocycles. The number of anilines is 6. The van der Waals surface area contributed by atoms with Gasteiger partial charge in [0.25, 0.3) is 6.71 Å². The first-order chi connectivity index (χ1) is 30.4. The summed E-state index contributed by atoms with van der Waals surface area (Å²) in [6.07, 6.45) is 0. The molecule has 9 aromatic rings. The standard InChI is InChI=1S/C58H43BN2O/c1-58(2,3)42-36-52-56-53(37-42)61-50-26-13-10-21-44(50)45-22-11-14-27-54(45)62-55-28-15-12-23-46(55)47-24-16-25-48(57(47)61)59(56)49-35-41(39-19-8-5-9-20-39)31-34-51(49)60(52)43-32-29-40(30-33-43)38-17-6-4-7-18-38/h4-37H,1-3H3. The van der Waals surface area contributed by atoms with Gasteiger partial charge in [0, 0.05) is 50.7 Å². The highest BCUT2D eigenvalue weighted by Crippen LogP contribution is 2.53. The Bertz CT molecular complexity index is 3210. The van der Waals surface area contributed by atoms with Crippen LogP contribution >= 0.6 is 0 Å². The third-order valence-corrected chi connectivity index (χ3v) is 13.0. The lowest BCUT2D eigenvalue weighted by atomic mass is 9.33. The normalized spacial score (nSPS) is 13.1. The summed E-state index contributed by atoms with van der Waals surface area (Å²) in [7, 11) is 0. The molecule has 0 N–H and O–H groups in total. The van der Waals surface area contributed by atoms with Crippen molar-refractivity contribution < 1.29 is 4.74 Å². The third-order valence-electron chi connectivity index (χ3n) is 13.0. The summed E-state index contributed by atoms with van der Waals surface area (Å²) in [6, 6.07) is 75.5. The number of hydrogen-bond donors (Lipinski definition) is 0. The van der Waals surface area contributed by atoms with Gasteiger partial charge in [0.1, 0.15) is 11.5 Å². The molecule has 0 radical (unpaired) electrons. The van der Waals surface area contributed by atoms with Gasteiger partial charge >= 0.3 is 0 Å². The van der Waals surface area contributed by atoms with Crippen LogP contribution in [-0.4, -0.2) is 6.71 Å². The second kappa shape index (κ2) is 14.0. The van der Waals surface area contributed by atoms with Crippen molar-refractivity contribution in [2.45, 2.75) is 26.2 Å². The van der Waals surface area contributed by atoms with Crippen molar-refractivity contribution in [2.75, 3.05) is 9.80 Å². The van der Waals surface area contributed by atoms with E-state index in [0.717, 1.165) is 45.1 Å². The molecule has 0 aromatic heterocycles. The molecule has 0 unspecified atom stereocenters. The summed E-state index contributed by atoms with van der Waals surface area (Å²) in [5.41, 5.74) is 21.2. The highest BCUT2D eigenvalue weighted by Gasteiger charge is 2.45. The molecule has 0 aliphatic carbocycles. The lowest BCUT2D eigenvalue weighted by molar-refractivity contribution is 0.486. The molecule has 9 aromatic carbocycles. The summed E-state index contributed by atoms with van der Waals surface area (Å²) in [4.78, 5) is 5.12. The molecule has 0 atom stereocenters. The molecular weight excluding hydrogens is 751 g/mol. The summed E-state index contributed by atoms with van der Waals surface area (Å²) >= 11 is 0. The van der Waals surface area contributed by atoms with Gasteiger partial charge < -0.3 is 14.5 Å². The van der Waals surface area contributed by atoms with Crippen molar-refractivity contribution >= 4 is 57.2 Å². The Balaban J connectivity index is 1.21. The van der Waals surface area contributed by atoms with Crippen LogP contribution in [0.3, 0.4) is 0 Å². The van der Waals surface area contributed by atoms with Gasteiger partial charge in [0.2, 0.25) is 0 Å². The number of rotatable bonds is 3. The number of ether oxygens (including phenoxy) is 1. The first kappa shape index (κ1) is 36.3. The van der Waals surface area contributed by atoms with Crippen LogP contribution in [0.5, 0.6) is 11.5 Å². The summed E-state index contributed by atoms with van der Waals surface area (Å²) in [6.45, 7) is 6.95. The van der Waals surface area contributed by atoms with Gasteiger partial charge in [-0.2, -0.15) is 0 Å². The molecule has 0 amide bonds. The number of para-hydroxylation sites is 4. The maximum atomic E-state index is 6.97. The van der Waals surface area contributed by atoms with Gasteiger partial charge in [-0.25, -0.2) is 0 Å². The molecule has 0 spiro atoms. The molecule has 0 saturated heterocycles. The average Bonchev–Trinajstić information content (AvgIpc) is 3.32. The molecule has 0 bridgehead atoms. The van der Waals surface area contributed by atoms with E-state index in [0.29, 0.717) is 0 Å². The van der Waals surface area contributed by atoms with Gasteiger partial charge in [-0.3, -0.25) is 0 Å². The minimum Gasteiger partial charge on any atom is -0.456 e. The van der Waals surface area contributed by atoms with Crippen LogP contribution in [0, 0.1) is 0 Å². The quantitative estimate of drug-likeness (QED) is 0.166. The molecule has 3 aliphatic heterocycles. The molecule has 0 fully saturated rings. The second-order valence-corrected chi connectivity index (χ2v) is 17.7. The van der Waals surface area contributed by atoms with Crippen molar-refractivity contribution in [1.29, 1.82) is 0 Å². The van der Waals surface area contributed by atoms with Gasteiger partial charge in [0.05, 0.1) is 5.69 Å². The maximum Gasteiger partial charge on any atom is 0.252 e. The van der Waals surface area contributed by atoms with E-state index in [9.17, 15) is 0 Å². The summed E-state index contributed by atoms with van der Waals surface area (Å²) in [5.74, 6) is 1.67. The Morgan fingerprint density at radius 3 is 1.60 bits per heavy atom. The van der Waals surface area contributed by atoms with E-state index in [4.69, 9.17) is 4.74 Å². The molecule has 62 heavy (non-hydrogen) atoms. The highest BCUT2D eigenvalue weighted by atomic mass is 16.5. The van der Waals surface area contributed by atoms with Crippen molar-refractivity contribution in [3.63, 3.8) is 0 Å². The van der Waals surface area contributed by atoms with Gasteiger partial charge in [-0.1, -0.05) is 178 Å². The maximum absolute atomic E-state index is 6.97. The molecule has 4 heteroatoms. The molecule has 0 saturated carbocycles. The average molecular weight is 795 g/mol. The van der Waals surface area contributed by atoms with Crippen LogP contribution in [-0.2, 0) is 5.41 Å². The first-order valence-corrected chi connectivity index (χ1v) is 21.6. The Morgan fingerprint density at radius 1 is 0.387 bits per heavy atom. The molecule has 3 nitrogen and oxygen atoms in total. The van der Waals surface area contributed by atoms with Crippen LogP contribution in [0.4, 0.5) is 34.1 Å². The van der Waals surface area contributed by atoms with E-state index in [2.05, 4.69) is 237 Å². The summed E-state index contributed by atoms with van der Waals surface area (Å²) < 4.78 is 6.97. The van der Waals surface area contributed by atoms with E-state index in [1.807, 2.05) is 0 Å². The van der Waals surface area contributed by atoms with Crippen LogP contribution < -0.4 is 30.9 Å². The topological polar surface area (TPSA) is 15.7 Å². The van der Waals surface area contributed by atoms with Gasteiger partial charge in [-0.15, -0.1) is 0 Å². The van der Waals surface area contributed by atoms with E-state index in [1.165, 1.54) is 67.0 Å². The molecule has 294 valence electrons. The predicted molar refractivity (Wildman–Crippen MR) is 261 cm³/mol. The van der Waals surface area contributed by atoms with Crippen LogP contribution in [0.1, 0.15) is 26.3 Å². The summed E-state index contributed by atoms with van der Waals surface area (Å²) in [5, 5.41) is 0. The fourth-order valence-corrected chi connectivity index (χ4v) is 10.0. The predicted octanol–water partition coefficient (Wildman–Crippen LogP) is 13.8. The third kappa shape index (κ3) is 5.67. The number of hydrogen-bond acceptors (Lipinski definition) is 3. The molecule has 12 rings (SSSR count). The van der Waals surface area contributed by atoms with Crippen molar-refractivity contribution in [3.05, 3.63) is 212 Å². The monoisotopic (exact) mass is 794 g/mol. The van der Waals surface area contributed by atoms with Crippen molar-refractivity contribution in [1.82, 2.24) is 0 Å². The zero-order chi connectivity index (χ0) is 41.5. The van der Waals surface area contributed by atoms with Crippen molar-refractivity contribution in [2.24, 2.45) is 0 Å². The van der Waals surface area contributed by atoms with E-state index in [1.54, 1.807) is 0 Å².